The Balaban J connectivity index is 0.665. The number of likely N-dealkylation sites (tertiary alicyclic amines) is 1. The predicted octanol–water partition coefficient (Wildman–Crippen LogP) is 8.34. The van der Waals surface area contributed by atoms with Crippen molar-refractivity contribution in [3.05, 3.63) is 141 Å². The number of ether oxygens (including phenoxy) is 2. The van der Waals surface area contributed by atoms with Gasteiger partial charge < -0.3 is 34.7 Å². The lowest BCUT2D eigenvalue weighted by molar-refractivity contribution is -0.136. The molecule has 0 bridgehead atoms. The smallest absolute Gasteiger partial charge is 0.281 e. The molecule has 14 nitrogen and oxygen atoms in total. The highest BCUT2D eigenvalue weighted by Crippen LogP contribution is 2.35. The van der Waals surface area contributed by atoms with Crippen molar-refractivity contribution < 1.29 is 24.2 Å². The Labute approximate surface area is 418 Å². The standard InChI is InChI=1S/C56H64N8O6S/c1-5-64-47-18-13-41(31-46(47)45-17-16-44(32-48(45)64)49-29-38(2)35-71-49)33-57-22-26-70-28-27-69-25-19-50(65)58-34-40-11-14-43(15-12-40)54-52-53(60-61(54)4)55(67)63(37-59-52)36-56(68)20-23-62(24-21-56)51(66)30-39(3)42-9-7-6-8-10-42/h6-18,29,31-32,35,37,39,57,68H,5,19-28,30,33-34,36H2,1-4H3,(H,58,65)/t39-/m1/s1. The maximum Gasteiger partial charge on any atom is 0.281 e. The number of piperidine rings is 1. The lowest BCUT2D eigenvalue weighted by Crippen LogP contribution is -2.49. The third kappa shape index (κ3) is 11.5. The Morgan fingerprint density at radius 3 is 2.34 bits per heavy atom. The Morgan fingerprint density at radius 2 is 1.59 bits per heavy atom. The first-order valence-corrected chi connectivity index (χ1v) is 25.6. The Hall–Kier alpha value is -6.49. The van der Waals surface area contributed by atoms with Crippen molar-refractivity contribution in [1.82, 2.24) is 39.4 Å². The van der Waals surface area contributed by atoms with Crippen LogP contribution in [0.5, 0.6) is 0 Å². The van der Waals surface area contributed by atoms with E-state index in [1.165, 1.54) is 54.3 Å². The number of fused-ring (bicyclic) bond motifs is 4. The maximum absolute atomic E-state index is 13.7. The van der Waals surface area contributed by atoms with E-state index in [0.717, 1.165) is 29.8 Å². The van der Waals surface area contributed by atoms with Crippen LogP contribution in [0.1, 0.15) is 67.7 Å². The third-order valence-electron chi connectivity index (χ3n) is 13.7. The molecule has 4 aromatic carbocycles. The van der Waals surface area contributed by atoms with Crippen molar-refractivity contribution in [2.45, 2.75) is 84.2 Å². The van der Waals surface area contributed by atoms with E-state index in [0.29, 0.717) is 83.1 Å². The van der Waals surface area contributed by atoms with Crippen molar-refractivity contribution in [3.63, 3.8) is 0 Å². The van der Waals surface area contributed by atoms with E-state index in [1.54, 1.807) is 23.1 Å². The van der Waals surface area contributed by atoms with Crippen molar-refractivity contribution >= 4 is 56.0 Å². The molecule has 0 unspecified atom stereocenters. The number of hydrogen-bond acceptors (Lipinski definition) is 10. The quantitative estimate of drug-likeness (QED) is 0.0603. The number of thiophene rings is 1. The highest BCUT2D eigenvalue weighted by atomic mass is 32.1. The van der Waals surface area contributed by atoms with Gasteiger partial charge in [0.2, 0.25) is 11.8 Å². The molecule has 5 heterocycles. The molecule has 370 valence electrons. The monoisotopic (exact) mass is 976 g/mol. The highest BCUT2D eigenvalue weighted by molar-refractivity contribution is 7.13. The predicted molar refractivity (Wildman–Crippen MR) is 281 cm³/mol. The number of rotatable bonds is 21. The zero-order valence-electron chi connectivity index (χ0n) is 41.2. The van der Waals surface area contributed by atoms with E-state index >= 15 is 0 Å². The SMILES string of the molecule is CCn1c2ccc(CNCCOCCOCCC(=O)NCc3ccc(-c4c5ncn(CC6(O)CCN(C(=O)C[C@@H](C)c7ccccc7)CC6)c(=O)c5nn4C)cc3)cc2c2ccc(-c3cc(C)cs3)cc21. The van der Waals surface area contributed by atoms with Gasteiger partial charge in [-0.2, -0.15) is 5.10 Å². The van der Waals surface area contributed by atoms with Crippen LogP contribution in [0.3, 0.4) is 0 Å². The number of aryl methyl sites for hydroxylation is 3. The number of amides is 2. The highest BCUT2D eigenvalue weighted by Gasteiger charge is 2.35. The third-order valence-corrected chi connectivity index (χ3v) is 14.8. The van der Waals surface area contributed by atoms with Crippen LogP contribution in [-0.4, -0.2) is 97.4 Å². The van der Waals surface area contributed by atoms with E-state index < -0.39 is 5.60 Å². The molecule has 1 saturated heterocycles. The molecule has 0 saturated carbocycles. The van der Waals surface area contributed by atoms with Crippen LogP contribution in [0.4, 0.5) is 0 Å². The van der Waals surface area contributed by atoms with E-state index in [-0.39, 0.29) is 41.8 Å². The van der Waals surface area contributed by atoms with Crippen LogP contribution in [0.25, 0.3) is 54.5 Å². The van der Waals surface area contributed by atoms with Gasteiger partial charge in [-0.1, -0.05) is 79.7 Å². The summed E-state index contributed by atoms with van der Waals surface area (Å²) >= 11 is 1.79. The van der Waals surface area contributed by atoms with Crippen molar-refractivity contribution in [3.8, 4) is 21.7 Å². The maximum atomic E-state index is 13.7. The number of nitrogens with zero attached hydrogens (tertiary/aromatic N) is 6. The van der Waals surface area contributed by atoms with E-state index in [1.807, 2.05) is 59.5 Å². The van der Waals surface area contributed by atoms with Crippen molar-refractivity contribution in [2.75, 3.05) is 46.1 Å². The number of aliphatic hydroxyl groups is 1. The summed E-state index contributed by atoms with van der Waals surface area (Å²) in [5.41, 5.74) is 9.08. The van der Waals surface area contributed by atoms with Gasteiger partial charge in [-0.25, -0.2) is 4.98 Å². The molecular formula is C56H64N8O6S. The summed E-state index contributed by atoms with van der Waals surface area (Å²) < 4.78 is 16.9. The molecule has 4 aromatic heterocycles. The van der Waals surface area contributed by atoms with Gasteiger partial charge >= 0.3 is 0 Å². The normalized spacial score (nSPS) is 14.2. The Bertz CT molecular complexity index is 3190. The molecule has 8 aromatic rings. The molecule has 15 heteroatoms. The summed E-state index contributed by atoms with van der Waals surface area (Å²) in [4.78, 5) is 47.2. The molecule has 1 aliphatic rings. The molecule has 0 aliphatic carbocycles. The second-order valence-electron chi connectivity index (χ2n) is 18.9. The summed E-state index contributed by atoms with van der Waals surface area (Å²) in [6.45, 7) is 11.8. The summed E-state index contributed by atoms with van der Waals surface area (Å²) in [6.07, 6.45) is 2.84. The summed E-state index contributed by atoms with van der Waals surface area (Å²) in [5.74, 6) is 0.0608. The van der Waals surface area contributed by atoms with Crippen LogP contribution < -0.4 is 16.2 Å². The minimum atomic E-state index is -1.15. The topological polar surface area (TPSA) is 158 Å². The first-order chi connectivity index (χ1) is 34.5. The summed E-state index contributed by atoms with van der Waals surface area (Å²) in [7, 11) is 1.77. The van der Waals surface area contributed by atoms with E-state index in [9.17, 15) is 19.5 Å². The minimum Gasteiger partial charge on any atom is -0.388 e. The largest absolute Gasteiger partial charge is 0.388 e. The molecule has 2 amide bonds. The second-order valence-corrected chi connectivity index (χ2v) is 19.8. The zero-order chi connectivity index (χ0) is 49.5. The van der Waals surface area contributed by atoms with Crippen LogP contribution in [0.2, 0.25) is 0 Å². The zero-order valence-corrected chi connectivity index (χ0v) is 42.0. The average Bonchev–Trinajstić information content (AvgIpc) is 4.07. The molecular weight excluding hydrogens is 913 g/mol. The first kappa shape index (κ1) is 49.5. The second kappa shape index (κ2) is 22.3. The number of carbonyl (C=O) groups excluding carboxylic acids is 2. The summed E-state index contributed by atoms with van der Waals surface area (Å²) in [6, 6.07) is 33.5. The first-order valence-electron chi connectivity index (χ1n) is 24.8. The van der Waals surface area contributed by atoms with Gasteiger partial charge in [-0.05, 0) is 90.1 Å². The molecule has 0 spiro atoms. The molecule has 0 radical (unpaired) electrons. The molecule has 71 heavy (non-hydrogen) atoms. The molecule has 9 rings (SSSR count). The fourth-order valence-corrected chi connectivity index (χ4v) is 10.6. The van der Waals surface area contributed by atoms with Gasteiger partial charge in [0.25, 0.3) is 5.56 Å². The van der Waals surface area contributed by atoms with E-state index in [2.05, 4.69) is 93.9 Å². The minimum absolute atomic E-state index is 0.0627. The van der Waals surface area contributed by atoms with Gasteiger partial charge in [0.15, 0.2) is 5.52 Å². The van der Waals surface area contributed by atoms with Gasteiger partial charge in [-0.15, -0.1) is 11.3 Å². The molecule has 1 atom stereocenters. The van der Waals surface area contributed by atoms with Gasteiger partial charge in [-0.3, -0.25) is 23.6 Å². The van der Waals surface area contributed by atoms with Gasteiger partial charge in [0, 0.05) is 91.4 Å². The number of carbonyl (C=O) groups is 2. The van der Waals surface area contributed by atoms with E-state index in [4.69, 9.17) is 9.47 Å². The number of hydrogen-bond donors (Lipinski definition) is 3. The van der Waals surface area contributed by atoms with Crippen molar-refractivity contribution in [2.24, 2.45) is 7.05 Å². The van der Waals surface area contributed by atoms with Crippen LogP contribution in [0, 0.1) is 6.92 Å². The molecule has 3 N–H and O–H groups in total. The summed E-state index contributed by atoms with van der Waals surface area (Å²) in [5, 5.41) is 27.3. The lowest BCUT2D eigenvalue weighted by atomic mass is 9.90. The average molecular weight is 977 g/mol. The van der Waals surface area contributed by atoms with Crippen LogP contribution >= 0.6 is 11.3 Å². The molecule has 1 aliphatic heterocycles. The number of aromatic nitrogens is 5. The number of nitrogens with one attached hydrogen (secondary N) is 2. The van der Waals surface area contributed by atoms with Gasteiger partial charge in [0.05, 0.1) is 50.6 Å². The van der Waals surface area contributed by atoms with Crippen LogP contribution in [-0.2, 0) is 52.3 Å². The fraction of sp³-hybridized carbons (Fsp3) is 0.375. The lowest BCUT2D eigenvalue weighted by Gasteiger charge is -2.38. The Morgan fingerprint density at radius 1 is 0.845 bits per heavy atom. The number of benzene rings is 4. The molecule has 1 fully saturated rings. The van der Waals surface area contributed by atoms with Crippen LogP contribution in [0.15, 0.2) is 114 Å². The fourth-order valence-electron chi connectivity index (χ4n) is 9.74. The van der Waals surface area contributed by atoms with Crippen molar-refractivity contribution in [1.29, 1.82) is 0 Å². The Kier molecular flexibility index (Phi) is 15.5. The van der Waals surface area contributed by atoms with Gasteiger partial charge in [0.1, 0.15) is 5.52 Å².